The third-order valence-corrected chi connectivity index (χ3v) is 10.1. The number of amides is 4. The Morgan fingerprint density at radius 2 is 1.00 bits per heavy atom. The van der Waals surface area contributed by atoms with Gasteiger partial charge in [0.25, 0.3) is 11.8 Å². The van der Waals surface area contributed by atoms with Gasteiger partial charge in [-0.2, -0.15) is 20.2 Å². The summed E-state index contributed by atoms with van der Waals surface area (Å²) in [5, 5.41) is 8.86. The predicted octanol–water partition coefficient (Wildman–Crippen LogP) is 2.51. The summed E-state index contributed by atoms with van der Waals surface area (Å²) in [6, 6.07) is 13.5. The summed E-state index contributed by atoms with van der Waals surface area (Å²) in [5.74, 6) is -2.19. The lowest BCUT2D eigenvalue weighted by Gasteiger charge is -2.28. The van der Waals surface area contributed by atoms with Crippen LogP contribution in [0.3, 0.4) is 0 Å². The van der Waals surface area contributed by atoms with Crippen LogP contribution in [-0.2, 0) is 49.7 Å². The van der Waals surface area contributed by atoms with Gasteiger partial charge in [0.15, 0.2) is 0 Å². The molecule has 0 bridgehead atoms. The number of carbonyl (C=O) groups is 4. The van der Waals surface area contributed by atoms with Crippen molar-refractivity contribution in [2.45, 2.75) is 79.9 Å². The maximum atomic E-state index is 13.9. The monoisotopic (exact) mass is 794 g/mol. The predicted molar refractivity (Wildman–Crippen MR) is 215 cm³/mol. The largest absolute Gasteiger partial charge is 0.374 e. The summed E-state index contributed by atoms with van der Waals surface area (Å²) in [5.41, 5.74) is 17.1. The number of hydrogen-bond acceptors (Lipinski definition) is 8. The van der Waals surface area contributed by atoms with Gasteiger partial charge in [0, 0.05) is 51.5 Å². The molecule has 2 unspecified atom stereocenters. The average Bonchev–Trinajstić information content (AvgIpc) is 3.92. The third-order valence-electron chi connectivity index (χ3n) is 10.1. The van der Waals surface area contributed by atoms with E-state index in [1.807, 2.05) is 50.7 Å². The second-order valence-corrected chi connectivity index (χ2v) is 13.9. The van der Waals surface area contributed by atoms with Crippen LogP contribution in [0.25, 0.3) is 22.1 Å². The number of nitrogens with zero attached hydrogens (tertiary/aromatic N) is 10. The molecule has 4 aromatic heterocycles. The highest BCUT2D eigenvalue weighted by atomic mass is 16.5. The van der Waals surface area contributed by atoms with Gasteiger partial charge in [-0.05, 0) is 90.1 Å². The fraction of sp³-hybridized carbons (Fsp3) is 0.400. The van der Waals surface area contributed by atoms with Gasteiger partial charge in [-0.15, -0.1) is 0 Å². The Morgan fingerprint density at radius 1 is 0.621 bits per heavy atom. The summed E-state index contributed by atoms with van der Waals surface area (Å²) >= 11 is 0. The van der Waals surface area contributed by atoms with Crippen LogP contribution < -0.4 is 22.7 Å². The first-order chi connectivity index (χ1) is 27.7. The van der Waals surface area contributed by atoms with Gasteiger partial charge in [0.05, 0.1) is 46.5 Å². The number of primary amides is 2. The summed E-state index contributed by atoms with van der Waals surface area (Å²) in [6.07, 6.45) is -1.33. The Hall–Kier alpha value is -6.40. The molecule has 18 nitrogen and oxygen atoms in total. The zero-order valence-electron chi connectivity index (χ0n) is 34.1. The lowest BCUT2D eigenvalue weighted by molar-refractivity contribution is -0.0800. The van der Waals surface area contributed by atoms with Gasteiger partial charge in [-0.3, -0.25) is 28.5 Å². The number of imidazole rings is 2. The zero-order valence-corrected chi connectivity index (χ0v) is 34.1. The van der Waals surface area contributed by atoms with Crippen molar-refractivity contribution >= 4 is 45.7 Å². The van der Waals surface area contributed by atoms with Gasteiger partial charge in [-0.1, -0.05) is 0 Å². The molecule has 2 aromatic carbocycles. The van der Waals surface area contributed by atoms with Crippen LogP contribution in [0.15, 0.2) is 58.5 Å². The average molecular weight is 795 g/mol. The number of nitrogens with two attached hydrogens (primary N) is 2. The van der Waals surface area contributed by atoms with E-state index < -0.39 is 35.8 Å². The number of fused-ring (bicyclic) bond motifs is 2. The SMILES string of the molecule is CCOC(Cn1c(=NC(=O)c2cc(C)nn2CC)n(C)c2cc(C(N)=O)ccc21)C(Cn1c(=NC(=O)c2cc(C)nn2CC)n(C)c2cc(C(N)=O)ccc21)OCC. The standard InChI is InChI=1S/C40H50N12O6/c1-9-51-31(17-23(5)45-51)37(55)43-39-47(7)29-19-25(35(41)53)13-15-27(29)49(39)21-33(57-11-3)34(58-12-4)22-50-28-16-14-26(36(42)54)20-30(28)48(8)40(50)44-38(56)32-18-24(6)46-52(32)10-2/h13-20,33-34H,9-12,21-22H2,1-8H3,(H2,41,53)(H2,42,54). The van der Waals surface area contributed by atoms with Crippen molar-refractivity contribution in [3.63, 3.8) is 0 Å². The topological polar surface area (TPSA) is 219 Å². The number of aryl methyl sites for hydroxylation is 6. The Bertz CT molecular complexity index is 2520. The second-order valence-electron chi connectivity index (χ2n) is 13.9. The molecule has 18 heteroatoms. The normalized spacial score (nSPS) is 13.5. The van der Waals surface area contributed by atoms with Gasteiger partial charge in [-0.25, -0.2) is 0 Å². The van der Waals surface area contributed by atoms with E-state index in [9.17, 15) is 19.2 Å². The van der Waals surface area contributed by atoms with Crippen molar-refractivity contribution in [1.82, 2.24) is 37.8 Å². The summed E-state index contributed by atoms with van der Waals surface area (Å²) in [7, 11) is 3.52. The highest BCUT2D eigenvalue weighted by molar-refractivity contribution is 5.98. The molecule has 2 atom stereocenters. The maximum Gasteiger partial charge on any atom is 0.298 e. The van der Waals surface area contributed by atoms with E-state index in [4.69, 9.17) is 20.9 Å². The van der Waals surface area contributed by atoms with Gasteiger partial charge >= 0.3 is 0 Å². The van der Waals surface area contributed by atoms with Crippen molar-refractivity contribution in [2.24, 2.45) is 35.5 Å². The number of ether oxygens (including phenoxy) is 2. The highest BCUT2D eigenvalue weighted by Crippen LogP contribution is 2.21. The third kappa shape index (κ3) is 7.92. The molecule has 306 valence electrons. The first kappa shape index (κ1) is 41.2. The van der Waals surface area contributed by atoms with Gasteiger partial charge < -0.3 is 39.2 Å². The molecule has 4 N–H and O–H groups in total. The van der Waals surface area contributed by atoms with E-state index in [1.165, 1.54) is 0 Å². The number of hydrogen-bond donors (Lipinski definition) is 2. The Kier molecular flexibility index (Phi) is 12.1. The lowest BCUT2D eigenvalue weighted by atomic mass is 10.1. The van der Waals surface area contributed by atoms with Gasteiger partial charge in [0.2, 0.25) is 23.1 Å². The van der Waals surface area contributed by atoms with Crippen LogP contribution in [0.2, 0.25) is 0 Å². The molecule has 6 aromatic rings. The summed E-state index contributed by atoms with van der Waals surface area (Å²) < 4.78 is 23.3. The Balaban J connectivity index is 1.52. The zero-order chi connectivity index (χ0) is 42.0. The van der Waals surface area contributed by atoms with E-state index >= 15 is 0 Å². The Labute approximate surface area is 334 Å². The smallest absolute Gasteiger partial charge is 0.298 e. The van der Waals surface area contributed by atoms with Crippen LogP contribution in [0.4, 0.5) is 0 Å². The number of benzene rings is 2. The fourth-order valence-electron chi connectivity index (χ4n) is 7.33. The first-order valence-electron chi connectivity index (χ1n) is 19.2. The molecule has 0 aliphatic heterocycles. The molecule has 0 aliphatic rings. The molecule has 0 radical (unpaired) electrons. The quantitative estimate of drug-likeness (QED) is 0.157. The van der Waals surface area contributed by atoms with Crippen LogP contribution in [0.5, 0.6) is 0 Å². The fourth-order valence-corrected chi connectivity index (χ4v) is 7.33. The Morgan fingerprint density at radius 3 is 1.33 bits per heavy atom. The molecule has 0 aliphatic carbocycles. The lowest BCUT2D eigenvalue weighted by Crippen LogP contribution is -2.43. The first-order valence-corrected chi connectivity index (χ1v) is 19.2. The van der Waals surface area contributed by atoms with Gasteiger partial charge in [0.1, 0.15) is 23.6 Å². The minimum Gasteiger partial charge on any atom is -0.374 e. The van der Waals surface area contributed by atoms with Crippen molar-refractivity contribution in [3.05, 3.63) is 93.7 Å². The van der Waals surface area contributed by atoms with Crippen molar-refractivity contribution < 1.29 is 28.7 Å². The molecular weight excluding hydrogens is 745 g/mol. The number of rotatable bonds is 15. The second kappa shape index (κ2) is 17.0. The molecular formula is C40H50N12O6. The van der Waals surface area contributed by atoms with E-state index in [0.717, 1.165) is 0 Å². The minimum absolute atomic E-state index is 0.154. The minimum atomic E-state index is -0.663. The van der Waals surface area contributed by atoms with E-state index in [0.29, 0.717) is 93.5 Å². The molecule has 0 saturated heterocycles. The molecule has 4 amide bonds. The van der Waals surface area contributed by atoms with E-state index in [2.05, 4.69) is 20.2 Å². The molecule has 58 heavy (non-hydrogen) atoms. The molecule has 0 spiro atoms. The van der Waals surface area contributed by atoms with Crippen LogP contribution in [0.1, 0.15) is 80.8 Å². The summed E-state index contributed by atoms with van der Waals surface area (Å²) in [6.45, 7) is 13.0. The van der Waals surface area contributed by atoms with Crippen LogP contribution >= 0.6 is 0 Å². The van der Waals surface area contributed by atoms with Crippen molar-refractivity contribution in [3.8, 4) is 0 Å². The highest BCUT2D eigenvalue weighted by Gasteiger charge is 2.28. The number of carbonyl (C=O) groups excluding carboxylic acids is 4. The van der Waals surface area contributed by atoms with Crippen LogP contribution in [0, 0.1) is 13.8 Å². The van der Waals surface area contributed by atoms with Crippen molar-refractivity contribution in [2.75, 3.05) is 13.2 Å². The van der Waals surface area contributed by atoms with E-state index in [-0.39, 0.29) is 13.1 Å². The summed E-state index contributed by atoms with van der Waals surface area (Å²) in [4.78, 5) is 61.5. The molecule has 6 rings (SSSR count). The maximum absolute atomic E-state index is 13.9. The molecule has 0 fully saturated rings. The van der Waals surface area contributed by atoms with Crippen molar-refractivity contribution in [1.29, 1.82) is 0 Å². The van der Waals surface area contributed by atoms with Crippen LogP contribution in [-0.4, -0.2) is 86.9 Å². The number of aromatic nitrogens is 8. The molecule has 0 saturated carbocycles. The van der Waals surface area contributed by atoms with E-state index in [1.54, 1.807) is 81.1 Å². The molecule has 4 heterocycles.